The van der Waals surface area contributed by atoms with Crippen LogP contribution in [-0.4, -0.2) is 47.7 Å². The molecule has 2 aromatic rings. The topological polar surface area (TPSA) is 69.6 Å². The van der Waals surface area contributed by atoms with Crippen LogP contribution in [-0.2, 0) is 21.5 Å². The van der Waals surface area contributed by atoms with Gasteiger partial charge in [-0.2, -0.15) is 13.2 Å². The van der Waals surface area contributed by atoms with Crippen molar-refractivity contribution in [2.45, 2.75) is 62.6 Å². The molecule has 35 heavy (non-hydrogen) atoms. The largest absolute Gasteiger partial charge is 0.490 e. The maximum atomic E-state index is 12.5. The van der Waals surface area contributed by atoms with E-state index in [1.165, 1.54) is 41.7 Å². The summed E-state index contributed by atoms with van der Waals surface area (Å²) in [6.07, 6.45) is 1.74. The standard InChI is InChI=1S/C24H30N2OS.C2HF3O2/c27-23(25-16-18-7-8-18)14-19-15-24(22-6-2-1-5-21(19)22)9-11-26(12-10-24)17-20-4-3-13-28-20;3-2(4,5)1(6)7/h1-6,13,18-19H,7-12,14-17H2,(H,25,27);(H,6,7). The average molecular weight is 509 g/mol. The van der Waals surface area contributed by atoms with E-state index in [2.05, 4.69) is 52.0 Å². The number of carbonyl (C=O) groups is 2. The fraction of sp³-hybridized carbons (Fsp3) is 0.538. The zero-order chi connectivity index (χ0) is 25.1. The maximum absolute atomic E-state index is 12.5. The number of hydrogen-bond acceptors (Lipinski definition) is 4. The van der Waals surface area contributed by atoms with Gasteiger partial charge in [0.15, 0.2) is 0 Å². The molecular weight excluding hydrogens is 477 g/mol. The number of carbonyl (C=O) groups excluding carboxylic acids is 1. The van der Waals surface area contributed by atoms with Crippen LogP contribution in [0, 0.1) is 5.92 Å². The number of benzene rings is 1. The summed E-state index contributed by atoms with van der Waals surface area (Å²) in [7, 11) is 0. The average Bonchev–Trinajstić information content (AvgIpc) is 3.43. The molecule has 5 rings (SSSR count). The highest BCUT2D eigenvalue weighted by molar-refractivity contribution is 7.09. The van der Waals surface area contributed by atoms with E-state index < -0.39 is 12.1 Å². The number of alkyl halides is 3. The summed E-state index contributed by atoms with van der Waals surface area (Å²) in [5, 5.41) is 12.5. The minimum Gasteiger partial charge on any atom is -0.475 e. The van der Waals surface area contributed by atoms with Crippen LogP contribution in [0.4, 0.5) is 13.2 Å². The monoisotopic (exact) mass is 508 g/mol. The normalized spacial score (nSPS) is 21.2. The molecule has 1 spiro atoms. The number of nitrogens with one attached hydrogen (secondary N) is 1. The number of amides is 1. The van der Waals surface area contributed by atoms with Crippen molar-refractivity contribution in [3.05, 3.63) is 57.8 Å². The molecule has 1 amide bonds. The zero-order valence-corrected chi connectivity index (χ0v) is 20.3. The lowest BCUT2D eigenvalue weighted by atomic mass is 9.73. The number of carboxylic acids is 1. The van der Waals surface area contributed by atoms with Gasteiger partial charge >= 0.3 is 12.1 Å². The highest BCUT2D eigenvalue weighted by Gasteiger charge is 2.45. The number of hydrogen-bond donors (Lipinski definition) is 2. The second kappa shape index (κ2) is 10.7. The number of rotatable bonds is 6. The Morgan fingerprint density at radius 1 is 1.11 bits per heavy atom. The number of likely N-dealkylation sites (tertiary alicyclic amines) is 1. The molecular formula is C26H31F3N2O3S. The molecule has 0 radical (unpaired) electrons. The van der Waals surface area contributed by atoms with Crippen LogP contribution in [0.25, 0.3) is 0 Å². The minimum atomic E-state index is -5.08. The Hall–Kier alpha value is -2.39. The van der Waals surface area contributed by atoms with E-state index in [0.717, 1.165) is 38.5 Å². The molecule has 1 aromatic carbocycles. The lowest BCUT2D eigenvalue weighted by molar-refractivity contribution is -0.192. The molecule has 2 heterocycles. The van der Waals surface area contributed by atoms with Crippen molar-refractivity contribution >= 4 is 23.2 Å². The first kappa shape index (κ1) is 25.7. The fourth-order valence-electron chi connectivity index (χ4n) is 5.32. The summed E-state index contributed by atoms with van der Waals surface area (Å²) in [6, 6.07) is 13.4. The molecule has 5 nitrogen and oxygen atoms in total. The van der Waals surface area contributed by atoms with E-state index >= 15 is 0 Å². The molecule has 1 atom stereocenters. The smallest absolute Gasteiger partial charge is 0.475 e. The van der Waals surface area contributed by atoms with Gasteiger partial charge in [0.2, 0.25) is 5.91 Å². The Morgan fingerprint density at radius 3 is 2.40 bits per heavy atom. The SMILES string of the molecule is O=C(CC1CC2(CCN(Cc3cccs3)CC2)c2ccccc21)NCC1CC1.O=C(O)C(F)(F)F. The highest BCUT2D eigenvalue weighted by Crippen LogP contribution is 2.52. The zero-order valence-electron chi connectivity index (χ0n) is 19.5. The van der Waals surface area contributed by atoms with Gasteiger partial charge in [0.25, 0.3) is 0 Å². The Bertz CT molecular complexity index is 1010. The summed E-state index contributed by atoms with van der Waals surface area (Å²) in [6.45, 7) is 4.29. The van der Waals surface area contributed by atoms with Crippen molar-refractivity contribution in [3.63, 3.8) is 0 Å². The van der Waals surface area contributed by atoms with Crippen LogP contribution in [0.2, 0.25) is 0 Å². The molecule has 2 fully saturated rings. The molecule has 2 aliphatic carbocycles. The number of fused-ring (bicyclic) bond motifs is 2. The van der Waals surface area contributed by atoms with Gasteiger partial charge in [0, 0.05) is 24.4 Å². The van der Waals surface area contributed by atoms with E-state index in [1.54, 1.807) is 0 Å². The maximum Gasteiger partial charge on any atom is 0.490 e. The van der Waals surface area contributed by atoms with Gasteiger partial charge in [-0.1, -0.05) is 30.3 Å². The van der Waals surface area contributed by atoms with Gasteiger partial charge in [0.05, 0.1) is 0 Å². The van der Waals surface area contributed by atoms with E-state index in [9.17, 15) is 18.0 Å². The Labute approximate surface area is 207 Å². The molecule has 1 aromatic heterocycles. The summed E-state index contributed by atoms with van der Waals surface area (Å²) in [5.74, 6) is -1.37. The number of aliphatic carboxylic acids is 1. The van der Waals surface area contributed by atoms with Crippen molar-refractivity contribution < 1.29 is 27.9 Å². The summed E-state index contributed by atoms with van der Waals surface area (Å²) in [5.41, 5.74) is 3.26. The number of carboxylic acid groups (broad SMARTS) is 1. The number of piperidine rings is 1. The summed E-state index contributed by atoms with van der Waals surface area (Å²) in [4.78, 5) is 25.5. The van der Waals surface area contributed by atoms with Crippen molar-refractivity contribution in [1.82, 2.24) is 10.2 Å². The number of nitrogens with zero attached hydrogens (tertiary/aromatic N) is 1. The van der Waals surface area contributed by atoms with Crippen LogP contribution in [0.5, 0.6) is 0 Å². The molecule has 190 valence electrons. The molecule has 9 heteroatoms. The van der Waals surface area contributed by atoms with Crippen molar-refractivity contribution in [1.29, 1.82) is 0 Å². The van der Waals surface area contributed by atoms with Crippen molar-refractivity contribution in [3.8, 4) is 0 Å². The van der Waals surface area contributed by atoms with Crippen LogP contribution < -0.4 is 5.32 Å². The van der Waals surface area contributed by atoms with Crippen molar-refractivity contribution in [2.75, 3.05) is 19.6 Å². The van der Waals surface area contributed by atoms with Gasteiger partial charge in [0.1, 0.15) is 0 Å². The van der Waals surface area contributed by atoms with Crippen LogP contribution >= 0.6 is 11.3 Å². The van der Waals surface area contributed by atoms with E-state index in [1.807, 2.05) is 11.3 Å². The fourth-order valence-corrected chi connectivity index (χ4v) is 6.07. The first-order valence-electron chi connectivity index (χ1n) is 12.1. The molecule has 0 bridgehead atoms. The third-order valence-corrected chi connectivity index (χ3v) is 8.20. The van der Waals surface area contributed by atoms with Crippen LogP contribution in [0.1, 0.15) is 60.4 Å². The summed E-state index contributed by atoms with van der Waals surface area (Å²) < 4.78 is 31.7. The molecule has 3 aliphatic rings. The third kappa shape index (κ3) is 6.64. The highest BCUT2D eigenvalue weighted by atomic mass is 32.1. The molecule has 1 aliphatic heterocycles. The Balaban J connectivity index is 0.000000364. The van der Waals surface area contributed by atoms with Crippen LogP contribution in [0.15, 0.2) is 41.8 Å². The first-order chi connectivity index (χ1) is 16.7. The predicted molar refractivity (Wildman–Crippen MR) is 128 cm³/mol. The van der Waals surface area contributed by atoms with Crippen molar-refractivity contribution in [2.24, 2.45) is 5.92 Å². The lowest BCUT2D eigenvalue weighted by Gasteiger charge is -2.40. The van der Waals surface area contributed by atoms with Gasteiger partial charge < -0.3 is 10.4 Å². The van der Waals surface area contributed by atoms with E-state index in [-0.39, 0.29) is 11.3 Å². The van der Waals surface area contributed by atoms with Crippen LogP contribution in [0.3, 0.4) is 0 Å². The van der Waals surface area contributed by atoms with E-state index in [0.29, 0.717) is 12.3 Å². The lowest BCUT2D eigenvalue weighted by Crippen LogP contribution is -2.41. The number of thiophene rings is 1. The predicted octanol–water partition coefficient (Wildman–Crippen LogP) is 5.32. The van der Waals surface area contributed by atoms with E-state index in [4.69, 9.17) is 9.90 Å². The minimum absolute atomic E-state index is 0.249. The second-order valence-electron chi connectivity index (χ2n) is 9.88. The third-order valence-electron chi connectivity index (χ3n) is 7.34. The second-order valence-corrected chi connectivity index (χ2v) is 10.9. The molecule has 1 saturated carbocycles. The quantitative estimate of drug-likeness (QED) is 0.554. The Kier molecular flexibility index (Phi) is 7.86. The van der Waals surface area contributed by atoms with Gasteiger partial charge in [-0.25, -0.2) is 4.79 Å². The molecule has 1 saturated heterocycles. The van der Waals surface area contributed by atoms with Gasteiger partial charge in [-0.3, -0.25) is 9.69 Å². The van der Waals surface area contributed by atoms with Gasteiger partial charge in [-0.15, -0.1) is 11.3 Å². The number of halogens is 3. The summed E-state index contributed by atoms with van der Waals surface area (Å²) >= 11 is 1.86. The van der Waals surface area contributed by atoms with Gasteiger partial charge in [-0.05, 0) is 85.0 Å². The molecule has 2 N–H and O–H groups in total. The Morgan fingerprint density at radius 2 is 1.80 bits per heavy atom. The molecule has 1 unspecified atom stereocenters. The first-order valence-corrected chi connectivity index (χ1v) is 13.0.